The maximum atomic E-state index is 5.57. The molecule has 0 aliphatic carbocycles. The molecule has 0 bridgehead atoms. The van der Waals surface area contributed by atoms with E-state index in [1.54, 1.807) is 0 Å². The van der Waals surface area contributed by atoms with Crippen LogP contribution in [0.5, 0.6) is 0 Å². The minimum Gasteiger partial charge on any atom is -0.381 e. The highest BCUT2D eigenvalue weighted by Crippen LogP contribution is 2.23. The fourth-order valence-electron chi connectivity index (χ4n) is 1.81. The van der Waals surface area contributed by atoms with Crippen LogP contribution in [0.25, 0.3) is 0 Å². The van der Waals surface area contributed by atoms with Crippen molar-refractivity contribution in [2.24, 2.45) is 7.05 Å². The Balaban J connectivity index is 2.60. The predicted molar refractivity (Wildman–Crippen MR) is 75.5 cm³/mol. The molecule has 1 unspecified atom stereocenters. The summed E-state index contributed by atoms with van der Waals surface area (Å²) in [5, 5.41) is 11.6. The topological polar surface area (TPSA) is 52.0 Å². The molecule has 6 heteroatoms. The van der Waals surface area contributed by atoms with Gasteiger partial charge < -0.3 is 10.1 Å². The smallest absolute Gasteiger partial charge is 0.153 e. The third-order valence-corrected chi connectivity index (χ3v) is 3.26. The van der Waals surface area contributed by atoms with Crippen molar-refractivity contribution in [3.8, 4) is 0 Å². The standard InChI is InChI=1S/C12H23BrN4O/c1-4-7-14-10(6-9-18-8-5-2)11-12(13)15-16-17(11)3/h10,14H,4-9H2,1-3H3. The second-order valence-electron chi connectivity index (χ2n) is 4.30. The molecule has 0 saturated heterocycles. The highest BCUT2D eigenvalue weighted by Gasteiger charge is 2.19. The Kier molecular flexibility index (Phi) is 7.46. The van der Waals surface area contributed by atoms with Gasteiger partial charge >= 0.3 is 0 Å². The van der Waals surface area contributed by atoms with Crippen LogP contribution in [0.1, 0.15) is 44.8 Å². The molecular weight excluding hydrogens is 296 g/mol. The van der Waals surface area contributed by atoms with E-state index in [2.05, 4.69) is 45.4 Å². The maximum absolute atomic E-state index is 5.57. The second-order valence-corrected chi connectivity index (χ2v) is 5.05. The monoisotopic (exact) mass is 318 g/mol. The highest BCUT2D eigenvalue weighted by molar-refractivity contribution is 9.10. The molecule has 0 amide bonds. The minimum absolute atomic E-state index is 0.233. The van der Waals surface area contributed by atoms with Gasteiger partial charge in [-0.2, -0.15) is 0 Å². The molecule has 104 valence electrons. The van der Waals surface area contributed by atoms with Crippen LogP contribution in [-0.4, -0.2) is 34.8 Å². The van der Waals surface area contributed by atoms with Gasteiger partial charge in [-0.05, 0) is 41.7 Å². The number of ether oxygens (including phenoxy) is 1. The molecule has 1 rings (SSSR count). The second kappa shape index (κ2) is 8.61. The predicted octanol–water partition coefficient (Wildman–Crippen LogP) is 2.44. The van der Waals surface area contributed by atoms with Gasteiger partial charge in [0.15, 0.2) is 4.60 Å². The van der Waals surface area contributed by atoms with Crippen LogP contribution in [0.4, 0.5) is 0 Å². The van der Waals surface area contributed by atoms with E-state index in [4.69, 9.17) is 4.74 Å². The molecule has 1 atom stereocenters. The van der Waals surface area contributed by atoms with E-state index < -0.39 is 0 Å². The summed E-state index contributed by atoms with van der Waals surface area (Å²) < 4.78 is 8.20. The van der Waals surface area contributed by atoms with E-state index in [-0.39, 0.29) is 6.04 Å². The van der Waals surface area contributed by atoms with Crippen molar-refractivity contribution in [2.45, 2.75) is 39.2 Å². The third kappa shape index (κ3) is 4.66. The van der Waals surface area contributed by atoms with Crippen molar-refractivity contribution in [1.82, 2.24) is 20.3 Å². The Labute approximate surface area is 117 Å². The van der Waals surface area contributed by atoms with Crippen molar-refractivity contribution < 1.29 is 4.74 Å². The molecule has 0 aliphatic heterocycles. The SMILES string of the molecule is CCCNC(CCOCCC)c1c(Br)nnn1C. The lowest BCUT2D eigenvalue weighted by Gasteiger charge is -2.18. The number of aromatic nitrogens is 3. The molecule has 1 aromatic heterocycles. The summed E-state index contributed by atoms with van der Waals surface area (Å²) in [6.45, 7) is 6.84. The van der Waals surface area contributed by atoms with Crippen molar-refractivity contribution in [1.29, 1.82) is 0 Å². The Morgan fingerprint density at radius 1 is 1.33 bits per heavy atom. The molecule has 18 heavy (non-hydrogen) atoms. The maximum Gasteiger partial charge on any atom is 0.153 e. The van der Waals surface area contributed by atoms with Crippen LogP contribution in [0.15, 0.2) is 4.60 Å². The molecule has 1 aromatic rings. The van der Waals surface area contributed by atoms with Crippen LogP contribution in [-0.2, 0) is 11.8 Å². The van der Waals surface area contributed by atoms with Crippen LogP contribution in [0, 0.1) is 0 Å². The summed E-state index contributed by atoms with van der Waals surface area (Å²) in [5.74, 6) is 0. The van der Waals surface area contributed by atoms with Gasteiger partial charge in [0.1, 0.15) is 0 Å². The average molecular weight is 319 g/mol. The van der Waals surface area contributed by atoms with Crippen molar-refractivity contribution in [2.75, 3.05) is 19.8 Å². The van der Waals surface area contributed by atoms with Gasteiger partial charge in [0.05, 0.1) is 11.7 Å². The quantitative estimate of drug-likeness (QED) is 0.710. The lowest BCUT2D eigenvalue weighted by Crippen LogP contribution is -2.26. The number of hydrogen-bond donors (Lipinski definition) is 1. The van der Waals surface area contributed by atoms with Crippen LogP contribution >= 0.6 is 15.9 Å². The van der Waals surface area contributed by atoms with Gasteiger partial charge in [-0.25, -0.2) is 4.68 Å². The van der Waals surface area contributed by atoms with Gasteiger partial charge in [-0.1, -0.05) is 19.1 Å². The summed E-state index contributed by atoms with van der Waals surface area (Å²) >= 11 is 3.46. The van der Waals surface area contributed by atoms with Crippen molar-refractivity contribution in [3.05, 3.63) is 10.3 Å². The van der Waals surface area contributed by atoms with Gasteiger partial charge in [-0.15, -0.1) is 5.10 Å². The lowest BCUT2D eigenvalue weighted by atomic mass is 10.1. The molecule has 0 spiro atoms. The Hall–Kier alpha value is -0.460. The normalized spacial score (nSPS) is 12.9. The zero-order chi connectivity index (χ0) is 13.4. The third-order valence-electron chi connectivity index (χ3n) is 2.70. The van der Waals surface area contributed by atoms with E-state index in [0.29, 0.717) is 0 Å². The zero-order valence-electron chi connectivity index (χ0n) is 11.4. The van der Waals surface area contributed by atoms with E-state index >= 15 is 0 Å². The van der Waals surface area contributed by atoms with Crippen molar-refractivity contribution >= 4 is 15.9 Å². The Morgan fingerprint density at radius 2 is 2.11 bits per heavy atom. The number of hydrogen-bond acceptors (Lipinski definition) is 4. The van der Waals surface area contributed by atoms with Crippen molar-refractivity contribution in [3.63, 3.8) is 0 Å². The number of nitrogens with one attached hydrogen (secondary N) is 1. The Morgan fingerprint density at radius 3 is 2.67 bits per heavy atom. The summed E-state index contributed by atoms with van der Waals surface area (Å²) in [7, 11) is 1.92. The first kappa shape index (κ1) is 15.6. The first-order valence-electron chi connectivity index (χ1n) is 6.56. The summed E-state index contributed by atoms with van der Waals surface area (Å²) in [6.07, 6.45) is 3.10. The fraction of sp³-hybridized carbons (Fsp3) is 0.833. The molecule has 0 radical (unpaired) electrons. The molecule has 0 saturated carbocycles. The van der Waals surface area contributed by atoms with Crippen LogP contribution < -0.4 is 5.32 Å². The fourth-order valence-corrected chi connectivity index (χ4v) is 2.41. The molecular formula is C12H23BrN4O. The van der Waals surface area contributed by atoms with E-state index in [1.807, 2.05) is 11.7 Å². The first-order valence-corrected chi connectivity index (χ1v) is 7.36. The van der Waals surface area contributed by atoms with Gasteiger partial charge in [0, 0.05) is 20.3 Å². The number of halogens is 1. The van der Waals surface area contributed by atoms with Gasteiger partial charge in [0.2, 0.25) is 0 Å². The summed E-state index contributed by atoms with van der Waals surface area (Å²) in [5.41, 5.74) is 1.09. The molecule has 1 heterocycles. The number of rotatable bonds is 9. The lowest BCUT2D eigenvalue weighted by molar-refractivity contribution is 0.123. The summed E-state index contributed by atoms with van der Waals surface area (Å²) in [4.78, 5) is 0. The zero-order valence-corrected chi connectivity index (χ0v) is 13.0. The van der Waals surface area contributed by atoms with Crippen LogP contribution in [0.2, 0.25) is 0 Å². The first-order chi connectivity index (χ1) is 8.70. The van der Waals surface area contributed by atoms with Gasteiger partial charge in [0.25, 0.3) is 0 Å². The number of nitrogens with zero attached hydrogens (tertiary/aromatic N) is 3. The molecule has 0 fully saturated rings. The Bertz CT molecular complexity index is 323. The average Bonchev–Trinajstić information content (AvgIpc) is 2.69. The van der Waals surface area contributed by atoms with E-state index in [0.717, 1.165) is 49.3 Å². The van der Waals surface area contributed by atoms with E-state index in [9.17, 15) is 0 Å². The summed E-state index contributed by atoms with van der Waals surface area (Å²) in [6, 6.07) is 0.233. The molecule has 0 aliphatic rings. The van der Waals surface area contributed by atoms with Gasteiger partial charge in [-0.3, -0.25) is 0 Å². The van der Waals surface area contributed by atoms with E-state index in [1.165, 1.54) is 0 Å². The molecule has 5 nitrogen and oxygen atoms in total. The largest absolute Gasteiger partial charge is 0.381 e. The minimum atomic E-state index is 0.233. The number of aryl methyl sites for hydroxylation is 1. The molecule has 1 N–H and O–H groups in total. The van der Waals surface area contributed by atoms with Crippen LogP contribution in [0.3, 0.4) is 0 Å². The highest BCUT2D eigenvalue weighted by atomic mass is 79.9. The molecule has 0 aromatic carbocycles.